The third-order valence-corrected chi connectivity index (χ3v) is 3.06. The standard InChI is InChI=1S/C12H15N3O3/c1-7(17)15(2)11(6-16)8-3-4-9-10(5-8)14-12(18)13-9/h3-5,11,16H,6H2,1-2H3,(H2,13,14,18). The van der Waals surface area contributed by atoms with E-state index in [2.05, 4.69) is 9.97 Å². The molecule has 0 fully saturated rings. The lowest BCUT2D eigenvalue weighted by atomic mass is 10.1. The fourth-order valence-corrected chi connectivity index (χ4v) is 1.93. The highest BCUT2D eigenvalue weighted by Crippen LogP contribution is 2.21. The molecule has 6 nitrogen and oxygen atoms in total. The van der Waals surface area contributed by atoms with Crippen molar-refractivity contribution >= 4 is 16.9 Å². The molecule has 0 saturated heterocycles. The fourth-order valence-electron chi connectivity index (χ4n) is 1.93. The Morgan fingerprint density at radius 3 is 2.67 bits per heavy atom. The molecule has 96 valence electrons. The van der Waals surface area contributed by atoms with Crippen molar-refractivity contribution < 1.29 is 9.90 Å². The van der Waals surface area contributed by atoms with Crippen LogP contribution < -0.4 is 5.69 Å². The topological polar surface area (TPSA) is 89.2 Å². The normalized spacial score (nSPS) is 12.6. The summed E-state index contributed by atoms with van der Waals surface area (Å²) in [7, 11) is 1.63. The Morgan fingerprint density at radius 2 is 2.06 bits per heavy atom. The maximum absolute atomic E-state index is 11.3. The largest absolute Gasteiger partial charge is 0.394 e. The number of nitrogens with zero attached hydrogens (tertiary/aromatic N) is 1. The van der Waals surface area contributed by atoms with Gasteiger partial charge in [0.15, 0.2) is 0 Å². The monoisotopic (exact) mass is 249 g/mol. The van der Waals surface area contributed by atoms with Gasteiger partial charge in [0.2, 0.25) is 5.91 Å². The second-order valence-electron chi connectivity index (χ2n) is 4.21. The smallest absolute Gasteiger partial charge is 0.323 e. The van der Waals surface area contributed by atoms with E-state index in [0.29, 0.717) is 11.0 Å². The van der Waals surface area contributed by atoms with Gasteiger partial charge in [-0.2, -0.15) is 0 Å². The van der Waals surface area contributed by atoms with Crippen LogP contribution >= 0.6 is 0 Å². The second-order valence-corrected chi connectivity index (χ2v) is 4.21. The van der Waals surface area contributed by atoms with E-state index in [9.17, 15) is 14.7 Å². The zero-order chi connectivity index (χ0) is 13.3. The molecular weight excluding hydrogens is 234 g/mol. The van der Waals surface area contributed by atoms with Gasteiger partial charge in [-0.15, -0.1) is 0 Å². The highest BCUT2D eigenvalue weighted by molar-refractivity contribution is 5.76. The van der Waals surface area contributed by atoms with E-state index in [4.69, 9.17) is 0 Å². The summed E-state index contributed by atoms with van der Waals surface area (Å²) in [4.78, 5) is 29.2. The van der Waals surface area contributed by atoms with Gasteiger partial charge >= 0.3 is 5.69 Å². The Labute approximate surface area is 103 Å². The number of carbonyl (C=O) groups is 1. The summed E-state index contributed by atoms with van der Waals surface area (Å²) in [6.45, 7) is 1.27. The molecule has 0 radical (unpaired) electrons. The van der Waals surface area contributed by atoms with Gasteiger partial charge in [0.25, 0.3) is 0 Å². The molecule has 0 aliphatic rings. The molecular formula is C12H15N3O3. The van der Waals surface area contributed by atoms with Crippen LogP contribution in [0.2, 0.25) is 0 Å². The fraction of sp³-hybridized carbons (Fsp3) is 0.333. The Bertz CT molecular complexity index is 629. The van der Waals surface area contributed by atoms with Crippen LogP contribution in [0.4, 0.5) is 0 Å². The maximum Gasteiger partial charge on any atom is 0.323 e. The van der Waals surface area contributed by atoms with Crippen molar-refractivity contribution in [3.63, 3.8) is 0 Å². The van der Waals surface area contributed by atoms with Crippen molar-refractivity contribution in [2.24, 2.45) is 0 Å². The minimum Gasteiger partial charge on any atom is -0.394 e. The van der Waals surface area contributed by atoms with E-state index in [0.717, 1.165) is 5.56 Å². The van der Waals surface area contributed by atoms with Crippen molar-refractivity contribution in [2.75, 3.05) is 13.7 Å². The van der Waals surface area contributed by atoms with Crippen LogP contribution in [0.25, 0.3) is 11.0 Å². The van der Waals surface area contributed by atoms with Crippen LogP contribution in [0, 0.1) is 0 Å². The third kappa shape index (κ3) is 2.14. The van der Waals surface area contributed by atoms with Gasteiger partial charge in [-0.3, -0.25) is 4.79 Å². The lowest BCUT2D eigenvalue weighted by molar-refractivity contribution is -0.130. The van der Waals surface area contributed by atoms with Crippen LogP contribution in [0.5, 0.6) is 0 Å². The summed E-state index contributed by atoms with van der Waals surface area (Å²) in [5.74, 6) is -0.128. The van der Waals surface area contributed by atoms with Gasteiger partial charge in [-0.05, 0) is 17.7 Å². The molecule has 1 amide bonds. The molecule has 1 heterocycles. The number of H-pyrrole nitrogens is 2. The van der Waals surface area contributed by atoms with Gasteiger partial charge in [0, 0.05) is 14.0 Å². The van der Waals surface area contributed by atoms with Crippen LogP contribution in [-0.2, 0) is 4.79 Å². The molecule has 1 aromatic carbocycles. The Balaban J connectivity index is 2.44. The summed E-state index contributed by atoms with van der Waals surface area (Å²) < 4.78 is 0. The zero-order valence-corrected chi connectivity index (χ0v) is 10.2. The second kappa shape index (κ2) is 4.66. The predicted octanol–water partition coefficient (Wildman–Crippen LogP) is 0.368. The number of carbonyl (C=O) groups excluding carboxylic acids is 1. The van der Waals surface area contributed by atoms with Crippen molar-refractivity contribution in [3.8, 4) is 0 Å². The molecule has 0 spiro atoms. The summed E-state index contributed by atoms with van der Waals surface area (Å²) in [6, 6.07) is 4.88. The van der Waals surface area contributed by atoms with Gasteiger partial charge in [-0.25, -0.2) is 4.79 Å². The number of fused-ring (bicyclic) bond motifs is 1. The van der Waals surface area contributed by atoms with Crippen LogP contribution in [0.3, 0.4) is 0 Å². The van der Waals surface area contributed by atoms with Crippen LogP contribution in [0.15, 0.2) is 23.0 Å². The molecule has 2 rings (SSSR count). The maximum atomic E-state index is 11.3. The quantitative estimate of drug-likeness (QED) is 0.734. The molecule has 0 aliphatic heterocycles. The molecule has 1 aromatic heterocycles. The van der Waals surface area contributed by atoms with Crippen molar-refractivity contribution in [3.05, 3.63) is 34.2 Å². The van der Waals surface area contributed by atoms with Gasteiger partial charge in [-0.1, -0.05) is 6.07 Å². The first-order valence-electron chi connectivity index (χ1n) is 5.59. The van der Waals surface area contributed by atoms with Gasteiger partial charge in [0.1, 0.15) is 0 Å². The molecule has 2 aromatic rings. The number of imidazole rings is 1. The van der Waals surface area contributed by atoms with Crippen LogP contribution in [0.1, 0.15) is 18.5 Å². The number of aliphatic hydroxyl groups excluding tert-OH is 1. The minimum absolute atomic E-state index is 0.128. The first-order valence-corrected chi connectivity index (χ1v) is 5.59. The van der Waals surface area contributed by atoms with Crippen LogP contribution in [-0.4, -0.2) is 39.5 Å². The summed E-state index contributed by atoms with van der Waals surface area (Å²) >= 11 is 0. The molecule has 1 atom stereocenters. The number of rotatable bonds is 3. The molecule has 3 N–H and O–H groups in total. The molecule has 6 heteroatoms. The van der Waals surface area contributed by atoms with E-state index in [1.54, 1.807) is 25.2 Å². The number of benzene rings is 1. The zero-order valence-electron chi connectivity index (χ0n) is 10.2. The summed E-state index contributed by atoms with van der Waals surface area (Å²) in [5.41, 5.74) is 1.86. The first kappa shape index (κ1) is 12.4. The number of hydrogen-bond acceptors (Lipinski definition) is 3. The Kier molecular flexibility index (Phi) is 3.20. The number of nitrogens with one attached hydrogen (secondary N) is 2. The molecule has 0 saturated carbocycles. The highest BCUT2D eigenvalue weighted by Gasteiger charge is 2.18. The number of hydrogen-bond donors (Lipinski definition) is 3. The molecule has 0 aliphatic carbocycles. The van der Waals surface area contributed by atoms with E-state index in [1.807, 2.05) is 0 Å². The van der Waals surface area contributed by atoms with E-state index >= 15 is 0 Å². The predicted molar refractivity (Wildman–Crippen MR) is 67.2 cm³/mol. The van der Waals surface area contributed by atoms with E-state index in [1.165, 1.54) is 11.8 Å². The number of amides is 1. The van der Waals surface area contributed by atoms with E-state index < -0.39 is 6.04 Å². The lowest BCUT2D eigenvalue weighted by Gasteiger charge is -2.25. The van der Waals surface area contributed by atoms with Gasteiger partial charge < -0.3 is 20.0 Å². The van der Waals surface area contributed by atoms with Crippen molar-refractivity contribution in [1.29, 1.82) is 0 Å². The number of aromatic nitrogens is 2. The Hall–Kier alpha value is -2.08. The number of likely N-dealkylation sites (N-methyl/N-ethyl adjacent to an activating group) is 1. The molecule has 18 heavy (non-hydrogen) atoms. The SMILES string of the molecule is CC(=O)N(C)C(CO)c1ccc2[nH]c(=O)[nH]c2c1. The third-order valence-electron chi connectivity index (χ3n) is 3.06. The van der Waals surface area contributed by atoms with Crippen molar-refractivity contribution in [2.45, 2.75) is 13.0 Å². The number of aromatic amines is 2. The lowest BCUT2D eigenvalue weighted by Crippen LogP contribution is -2.31. The van der Waals surface area contributed by atoms with E-state index in [-0.39, 0.29) is 18.2 Å². The molecule has 1 unspecified atom stereocenters. The van der Waals surface area contributed by atoms with Gasteiger partial charge in [0.05, 0.1) is 23.7 Å². The average molecular weight is 249 g/mol. The number of aliphatic hydroxyl groups is 1. The Morgan fingerprint density at radius 1 is 1.39 bits per heavy atom. The highest BCUT2D eigenvalue weighted by atomic mass is 16.3. The first-order chi connectivity index (χ1) is 8.52. The average Bonchev–Trinajstić information content (AvgIpc) is 2.69. The molecule has 0 bridgehead atoms. The summed E-state index contributed by atoms with van der Waals surface area (Å²) in [6.07, 6.45) is 0. The minimum atomic E-state index is -0.412. The van der Waals surface area contributed by atoms with Crippen molar-refractivity contribution in [1.82, 2.24) is 14.9 Å². The summed E-state index contributed by atoms with van der Waals surface area (Å²) in [5, 5.41) is 9.40.